The lowest BCUT2D eigenvalue weighted by molar-refractivity contribution is -0.120. The highest BCUT2D eigenvalue weighted by Gasteiger charge is 2.30. The van der Waals surface area contributed by atoms with Crippen molar-refractivity contribution < 1.29 is 14.7 Å². The Morgan fingerprint density at radius 1 is 1.62 bits per heavy atom. The van der Waals surface area contributed by atoms with Gasteiger partial charge in [0.25, 0.3) is 0 Å². The van der Waals surface area contributed by atoms with E-state index in [9.17, 15) is 4.79 Å². The number of ketones is 1. The number of likely N-dealkylation sites (tertiary alicyclic amines) is 1. The number of aldehydes is 1. The molecule has 1 N–H and O–H groups in total. The number of carbonyl (C=O) groups is 2. The maximum atomic E-state index is 10.8. The van der Waals surface area contributed by atoms with Crippen molar-refractivity contribution in [3.05, 3.63) is 0 Å². The van der Waals surface area contributed by atoms with Gasteiger partial charge in [-0.05, 0) is 27.3 Å². The van der Waals surface area contributed by atoms with Gasteiger partial charge < -0.3 is 9.90 Å². The maximum absolute atomic E-state index is 10.8. The third-order valence-corrected chi connectivity index (χ3v) is 2.00. The van der Waals surface area contributed by atoms with Crippen molar-refractivity contribution >= 4 is 12.1 Å². The minimum atomic E-state index is -0.307. The lowest BCUT2D eigenvalue weighted by Crippen LogP contribution is -2.30. The summed E-state index contributed by atoms with van der Waals surface area (Å²) in [6, 6.07) is -0.0463. The summed E-state index contributed by atoms with van der Waals surface area (Å²) < 4.78 is 0. The van der Waals surface area contributed by atoms with Crippen LogP contribution in [0, 0.1) is 0 Å². The minimum absolute atomic E-state index is 0.0463. The molecule has 1 rings (SSSR count). The number of Topliss-reactive ketones (excluding diaryl/α,β-unsaturated/α-hetero) is 1. The first-order valence-electron chi connectivity index (χ1n) is 4.31. The molecule has 0 unspecified atom stereocenters. The van der Waals surface area contributed by atoms with E-state index in [-0.39, 0.29) is 17.9 Å². The molecule has 13 heavy (non-hydrogen) atoms. The van der Waals surface area contributed by atoms with Crippen molar-refractivity contribution in [3.8, 4) is 0 Å². The van der Waals surface area contributed by atoms with E-state index >= 15 is 0 Å². The lowest BCUT2D eigenvalue weighted by atomic mass is 10.1. The van der Waals surface area contributed by atoms with Gasteiger partial charge >= 0.3 is 0 Å². The number of nitrogens with zero attached hydrogens (tertiary/aromatic N) is 1. The standard InChI is InChI=1S/C7H13NO2.C2H4O/c1-5(9)7-3-6(10)4-8(7)2;1-2-3/h6-7,10H,3-4H2,1-2H3;2H,1H3/t6-,7+;/m1./s1. The van der Waals surface area contributed by atoms with Crippen molar-refractivity contribution in [2.75, 3.05) is 13.6 Å². The summed E-state index contributed by atoms with van der Waals surface area (Å²) in [6.07, 6.45) is 1.05. The highest BCUT2D eigenvalue weighted by atomic mass is 16.3. The average Bonchev–Trinajstić information content (AvgIpc) is 2.31. The van der Waals surface area contributed by atoms with Crippen LogP contribution in [0.5, 0.6) is 0 Å². The number of likely N-dealkylation sites (N-methyl/N-ethyl adjacent to an activating group) is 1. The molecule has 0 aromatic rings. The van der Waals surface area contributed by atoms with Gasteiger partial charge in [0.15, 0.2) is 0 Å². The number of aliphatic hydroxyl groups is 1. The molecule has 1 aliphatic heterocycles. The third kappa shape index (κ3) is 4.15. The van der Waals surface area contributed by atoms with Crippen LogP contribution in [0.15, 0.2) is 0 Å². The van der Waals surface area contributed by atoms with Gasteiger partial charge in [-0.25, -0.2) is 0 Å². The Balaban J connectivity index is 0.000000424. The van der Waals surface area contributed by atoms with Crippen LogP contribution >= 0.6 is 0 Å². The fourth-order valence-electron chi connectivity index (χ4n) is 1.45. The van der Waals surface area contributed by atoms with Crippen LogP contribution in [-0.4, -0.2) is 47.8 Å². The second-order valence-corrected chi connectivity index (χ2v) is 3.19. The zero-order chi connectivity index (χ0) is 10.4. The van der Waals surface area contributed by atoms with Crippen LogP contribution in [0.25, 0.3) is 0 Å². The normalized spacial score (nSPS) is 27.7. The predicted molar refractivity (Wildman–Crippen MR) is 49.5 cm³/mol. The summed E-state index contributed by atoms with van der Waals surface area (Å²) in [7, 11) is 1.86. The van der Waals surface area contributed by atoms with Crippen molar-refractivity contribution in [2.45, 2.75) is 32.4 Å². The first-order valence-corrected chi connectivity index (χ1v) is 4.31. The second-order valence-electron chi connectivity index (χ2n) is 3.19. The Bertz CT molecular complexity index is 182. The number of aliphatic hydroxyl groups excluding tert-OH is 1. The van der Waals surface area contributed by atoms with Gasteiger partial charge in [0.1, 0.15) is 12.1 Å². The molecule has 1 aliphatic rings. The SMILES string of the molecule is CC(=O)[C@@H]1C[C@@H](O)CN1C.CC=O. The van der Waals surface area contributed by atoms with Crippen molar-refractivity contribution in [1.82, 2.24) is 4.90 Å². The predicted octanol–water partition coefficient (Wildman–Crippen LogP) is -0.154. The summed E-state index contributed by atoms with van der Waals surface area (Å²) in [5, 5.41) is 9.12. The number of rotatable bonds is 1. The summed E-state index contributed by atoms with van der Waals surface area (Å²) in [5.41, 5.74) is 0. The van der Waals surface area contributed by atoms with Crippen LogP contribution < -0.4 is 0 Å². The van der Waals surface area contributed by atoms with E-state index in [1.807, 2.05) is 11.9 Å². The Morgan fingerprint density at radius 3 is 2.23 bits per heavy atom. The van der Waals surface area contributed by atoms with Gasteiger partial charge in [-0.15, -0.1) is 0 Å². The fourth-order valence-corrected chi connectivity index (χ4v) is 1.45. The molecule has 4 nitrogen and oxygen atoms in total. The maximum Gasteiger partial charge on any atom is 0.146 e. The molecule has 4 heteroatoms. The number of hydrogen-bond donors (Lipinski definition) is 1. The van der Waals surface area contributed by atoms with Crippen molar-refractivity contribution in [3.63, 3.8) is 0 Å². The number of carbonyl (C=O) groups excluding carboxylic acids is 2. The monoisotopic (exact) mass is 187 g/mol. The van der Waals surface area contributed by atoms with Crippen LogP contribution in [0.1, 0.15) is 20.3 Å². The zero-order valence-electron chi connectivity index (χ0n) is 8.36. The van der Waals surface area contributed by atoms with E-state index in [1.165, 1.54) is 6.92 Å². The summed E-state index contributed by atoms with van der Waals surface area (Å²) in [6.45, 7) is 3.64. The molecule has 0 amide bonds. The van der Waals surface area contributed by atoms with Gasteiger partial charge in [-0.3, -0.25) is 9.69 Å². The molecule has 0 spiro atoms. The van der Waals surface area contributed by atoms with Crippen LogP contribution in [0.4, 0.5) is 0 Å². The molecule has 1 heterocycles. The second kappa shape index (κ2) is 5.83. The Kier molecular flexibility index (Phi) is 5.50. The van der Waals surface area contributed by atoms with Gasteiger partial charge in [-0.2, -0.15) is 0 Å². The molecule has 0 bridgehead atoms. The smallest absolute Gasteiger partial charge is 0.146 e. The quantitative estimate of drug-likeness (QED) is 0.580. The molecule has 1 saturated heterocycles. The first kappa shape index (κ1) is 12.3. The lowest BCUT2D eigenvalue weighted by Gasteiger charge is -2.14. The Labute approximate surface area is 78.5 Å². The van der Waals surface area contributed by atoms with Gasteiger partial charge in [0.2, 0.25) is 0 Å². The molecule has 0 saturated carbocycles. The number of β-amino-alcohol motifs (C(OH)–C–C–N with tert-alkyl or cyclic N) is 1. The Hall–Kier alpha value is -0.740. The van der Waals surface area contributed by atoms with E-state index in [4.69, 9.17) is 9.90 Å². The topological polar surface area (TPSA) is 57.6 Å². The highest BCUT2D eigenvalue weighted by Crippen LogP contribution is 2.15. The largest absolute Gasteiger partial charge is 0.392 e. The highest BCUT2D eigenvalue weighted by molar-refractivity contribution is 5.81. The van der Waals surface area contributed by atoms with E-state index in [1.54, 1.807) is 6.92 Å². The molecule has 76 valence electrons. The van der Waals surface area contributed by atoms with Crippen LogP contribution in [0.2, 0.25) is 0 Å². The zero-order valence-corrected chi connectivity index (χ0v) is 8.36. The van der Waals surface area contributed by atoms with Crippen molar-refractivity contribution in [1.29, 1.82) is 0 Å². The average molecular weight is 187 g/mol. The molecular weight excluding hydrogens is 170 g/mol. The first-order chi connectivity index (χ1) is 6.02. The molecule has 0 aliphatic carbocycles. The van der Waals surface area contributed by atoms with E-state index in [0.717, 1.165) is 6.29 Å². The minimum Gasteiger partial charge on any atom is -0.392 e. The van der Waals surface area contributed by atoms with Crippen LogP contribution in [0.3, 0.4) is 0 Å². The van der Waals surface area contributed by atoms with Gasteiger partial charge in [0.05, 0.1) is 12.1 Å². The molecule has 0 aromatic carbocycles. The van der Waals surface area contributed by atoms with Gasteiger partial charge in [0, 0.05) is 6.54 Å². The van der Waals surface area contributed by atoms with Gasteiger partial charge in [-0.1, -0.05) is 0 Å². The molecule has 0 radical (unpaired) electrons. The summed E-state index contributed by atoms with van der Waals surface area (Å²) in [5.74, 6) is 0.152. The van der Waals surface area contributed by atoms with E-state index in [0.29, 0.717) is 13.0 Å². The van der Waals surface area contributed by atoms with Crippen LogP contribution in [-0.2, 0) is 9.59 Å². The number of hydrogen-bond acceptors (Lipinski definition) is 4. The molecular formula is C9H17NO3. The Morgan fingerprint density at radius 2 is 2.08 bits per heavy atom. The molecule has 0 aromatic heterocycles. The third-order valence-electron chi connectivity index (χ3n) is 2.00. The fraction of sp³-hybridized carbons (Fsp3) is 0.778. The molecule has 1 fully saturated rings. The summed E-state index contributed by atoms with van der Waals surface area (Å²) in [4.78, 5) is 21.6. The van der Waals surface area contributed by atoms with Crippen molar-refractivity contribution in [2.24, 2.45) is 0 Å². The molecule has 2 atom stereocenters. The van der Waals surface area contributed by atoms with E-state index < -0.39 is 0 Å². The summed E-state index contributed by atoms with van der Waals surface area (Å²) >= 11 is 0. The van der Waals surface area contributed by atoms with E-state index in [2.05, 4.69) is 0 Å².